The monoisotopic (exact) mass is 381 g/mol. The van der Waals surface area contributed by atoms with Crippen molar-refractivity contribution in [1.82, 2.24) is 4.57 Å². The van der Waals surface area contributed by atoms with Gasteiger partial charge in [0, 0.05) is 31.4 Å². The standard InChI is InChI=1S/C20H19N3O3S/c1-12-3-6-15(7-4-12)23-11-13(9-18(23)24)19(25)21-14-5-8-16-17(10-14)27-20(26)22(16)2/h3-8,10,13H,9,11H2,1-2H3,(H,21,25)/t13-/m0/s1. The van der Waals surface area contributed by atoms with Crippen molar-refractivity contribution in [2.75, 3.05) is 16.8 Å². The summed E-state index contributed by atoms with van der Waals surface area (Å²) in [6, 6.07) is 13.1. The minimum Gasteiger partial charge on any atom is -0.326 e. The van der Waals surface area contributed by atoms with Crippen LogP contribution in [0.15, 0.2) is 47.3 Å². The van der Waals surface area contributed by atoms with E-state index in [9.17, 15) is 14.4 Å². The van der Waals surface area contributed by atoms with E-state index >= 15 is 0 Å². The first-order valence-electron chi connectivity index (χ1n) is 8.70. The van der Waals surface area contributed by atoms with Crippen LogP contribution in [0.25, 0.3) is 10.2 Å². The number of hydrogen-bond donors (Lipinski definition) is 1. The molecule has 0 radical (unpaired) electrons. The van der Waals surface area contributed by atoms with E-state index in [1.807, 2.05) is 37.3 Å². The number of nitrogens with one attached hydrogen (secondary N) is 1. The number of anilines is 2. The zero-order chi connectivity index (χ0) is 19.1. The Bertz CT molecular complexity index is 1100. The summed E-state index contributed by atoms with van der Waals surface area (Å²) < 4.78 is 2.41. The molecule has 1 N–H and O–H groups in total. The molecule has 2 heterocycles. The van der Waals surface area contributed by atoms with Gasteiger partial charge >= 0.3 is 4.87 Å². The second kappa shape index (κ2) is 6.66. The number of amides is 2. The summed E-state index contributed by atoms with van der Waals surface area (Å²) in [5.74, 6) is -0.625. The third-order valence-corrected chi connectivity index (χ3v) is 5.90. The molecule has 1 aromatic heterocycles. The Kier molecular flexibility index (Phi) is 4.31. The zero-order valence-electron chi connectivity index (χ0n) is 15.1. The van der Waals surface area contributed by atoms with E-state index in [-0.39, 0.29) is 23.1 Å². The van der Waals surface area contributed by atoms with Gasteiger partial charge in [0.25, 0.3) is 0 Å². The van der Waals surface area contributed by atoms with Crippen LogP contribution in [0, 0.1) is 12.8 Å². The van der Waals surface area contributed by atoms with E-state index in [0.717, 1.165) is 32.8 Å². The van der Waals surface area contributed by atoms with Gasteiger partial charge in [-0.15, -0.1) is 0 Å². The quantitative estimate of drug-likeness (QED) is 0.758. The Hall–Kier alpha value is -2.93. The maximum Gasteiger partial charge on any atom is 0.307 e. The number of aryl methyl sites for hydroxylation is 2. The lowest BCUT2D eigenvalue weighted by Crippen LogP contribution is -2.28. The van der Waals surface area contributed by atoms with Crippen molar-refractivity contribution in [2.45, 2.75) is 13.3 Å². The average Bonchev–Trinajstić information content (AvgIpc) is 3.16. The number of carbonyl (C=O) groups is 2. The molecule has 1 aliphatic rings. The summed E-state index contributed by atoms with van der Waals surface area (Å²) in [7, 11) is 1.73. The van der Waals surface area contributed by atoms with E-state index in [0.29, 0.717) is 12.2 Å². The highest BCUT2D eigenvalue weighted by Crippen LogP contribution is 2.27. The van der Waals surface area contributed by atoms with Gasteiger partial charge in [-0.05, 0) is 37.3 Å². The molecular weight excluding hydrogens is 362 g/mol. The number of carbonyl (C=O) groups excluding carboxylic acids is 2. The number of hydrogen-bond acceptors (Lipinski definition) is 4. The lowest BCUT2D eigenvalue weighted by Gasteiger charge is -2.17. The van der Waals surface area contributed by atoms with Crippen molar-refractivity contribution >= 4 is 44.7 Å². The maximum absolute atomic E-state index is 12.6. The Morgan fingerprint density at radius 3 is 2.63 bits per heavy atom. The highest BCUT2D eigenvalue weighted by atomic mass is 32.1. The molecule has 0 spiro atoms. The van der Waals surface area contributed by atoms with Crippen LogP contribution < -0.4 is 15.1 Å². The molecule has 1 atom stereocenters. The third-order valence-electron chi connectivity index (χ3n) is 4.90. The summed E-state index contributed by atoms with van der Waals surface area (Å²) in [4.78, 5) is 38.4. The molecule has 0 unspecified atom stereocenters. The molecular formula is C20H19N3O3S. The number of nitrogens with zero attached hydrogens (tertiary/aromatic N) is 2. The molecule has 27 heavy (non-hydrogen) atoms. The van der Waals surface area contributed by atoms with Crippen LogP contribution in [0.3, 0.4) is 0 Å². The molecule has 1 saturated heterocycles. The molecule has 2 aromatic carbocycles. The largest absolute Gasteiger partial charge is 0.326 e. The number of rotatable bonds is 3. The van der Waals surface area contributed by atoms with E-state index in [4.69, 9.17) is 0 Å². The number of aromatic nitrogens is 1. The van der Waals surface area contributed by atoms with Gasteiger partial charge in [0.05, 0.1) is 16.1 Å². The van der Waals surface area contributed by atoms with E-state index in [1.165, 1.54) is 0 Å². The van der Waals surface area contributed by atoms with E-state index in [2.05, 4.69) is 5.32 Å². The van der Waals surface area contributed by atoms with Crippen LogP contribution in [-0.4, -0.2) is 22.9 Å². The maximum atomic E-state index is 12.6. The fraction of sp³-hybridized carbons (Fsp3) is 0.250. The lowest BCUT2D eigenvalue weighted by molar-refractivity contribution is -0.122. The molecule has 1 aliphatic heterocycles. The fourth-order valence-electron chi connectivity index (χ4n) is 3.31. The van der Waals surface area contributed by atoms with Gasteiger partial charge in [0.2, 0.25) is 11.8 Å². The van der Waals surface area contributed by atoms with Gasteiger partial charge in [-0.3, -0.25) is 14.4 Å². The smallest absolute Gasteiger partial charge is 0.307 e. The molecule has 0 saturated carbocycles. The third kappa shape index (κ3) is 3.26. The van der Waals surface area contributed by atoms with Crippen molar-refractivity contribution in [1.29, 1.82) is 0 Å². The van der Waals surface area contributed by atoms with Gasteiger partial charge in [-0.1, -0.05) is 29.0 Å². The van der Waals surface area contributed by atoms with Crippen molar-refractivity contribution in [3.8, 4) is 0 Å². The topological polar surface area (TPSA) is 71.4 Å². The highest BCUT2D eigenvalue weighted by Gasteiger charge is 2.35. The summed E-state index contributed by atoms with van der Waals surface area (Å²) in [5, 5.41) is 2.88. The van der Waals surface area contributed by atoms with E-state index < -0.39 is 5.92 Å². The van der Waals surface area contributed by atoms with Gasteiger partial charge in [-0.2, -0.15) is 0 Å². The van der Waals surface area contributed by atoms with Crippen LogP contribution >= 0.6 is 11.3 Å². The minimum absolute atomic E-state index is 0.0383. The second-order valence-electron chi connectivity index (χ2n) is 6.84. The van der Waals surface area contributed by atoms with Crippen LogP contribution in [0.2, 0.25) is 0 Å². The second-order valence-corrected chi connectivity index (χ2v) is 7.83. The predicted molar refractivity (Wildman–Crippen MR) is 107 cm³/mol. The van der Waals surface area contributed by atoms with Gasteiger partial charge in [-0.25, -0.2) is 0 Å². The Morgan fingerprint density at radius 1 is 1.15 bits per heavy atom. The fourth-order valence-corrected chi connectivity index (χ4v) is 4.23. The average molecular weight is 381 g/mol. The minimum atomic E-state index is -0.399. The number of fused-ring (bicyclic) bond motifs is 1. The predicted octanol–water partition coefficient (Wildman–Crippen LogP) is 2.90. The lowest BCUT2D eigenvalue weighted by atomic mass is 10.1. The highest BCUT2D eigenvalue weighted by molar-refractivity contribution is 7.16. The zero-order valence-corrected chi connectivity index (χ0v) is 15.9. The number of thiazole rings is 1. The molecule has 0 bridgehead atoms. The Balaban J connectivity index is 1.49. The summed E-state index contributed by atoms with van der Waals surface area (Å²) in [6.45, 7) is 2.36. The summed E-state index contributed by atoms with van der Waals surface area (Å²) in [5.41, 5.74) is 3.41. The molecule has 7 heteroatoms. The molecule has 2 amide bonds. The normalized spacial score (nSPS) is 16.9. The van der Waals surface area contributed by atoms with Crippen molar-refractivity contribution in [3.63, 3.8) is 0 Å². The van der Waals surface area contributed by atoms with Gasteiger partial charge < -0.3 is 14.8 Å². The molecule has 3 aromatic rings. The first-order chi connectivity index (χ1) is 12.9. The Morgan fingerprint density at radius 2 is 1.89 bits per heavy atom. The first-order valence-corrected chi connectivity index (χ1v) is 9.51. The van der Waals surface area contributed by atoms with Gasteiger partial charge in [0.15, 0.2) is 0 Å². The summed E-state index contributed by atoms with van der Waals surface area (Å²) in [6.07, 6.45) is 0.195. The molecule has 1 fully saturated rings. The molecule has 0 aliphatic carbocycles. The van der Waals surface area contributed by atoms with Crippen molar-refractivity contribution < 1.29 is 9.59 Å². The van der Waals surface area contributed by atoms with Crippen molar-refractivity contribution in [3.05, 3.63) is 57.7 Å². The van der Waals surface area contributed by atoms with Crippen LogP contribution in [-0.2, 0) is 16.6 Å². The van der Waals surface area contributed by atoms with Crippen LogP contribution in [0.1, 0.15) is 12.0 Å². The number of benzene rings is 2. The Labute approximate surface area is 160 Å². The SMILES string of the molecule is Cc1ccc(N2C[C@@H](C(=O)Nc3ccc4c(c3)sc(=O)n4C)CC2=O)cc1. The van der Waals surface area contributed by atoms with Crippen molar-refractivity contribution in [2.24, 2.45) is 13.0 Å². The van der Waals surface area contributed by atoms with Crippen LogP contribution in [0.5, 0.6) is 0 Å². The molecule has 4 rings (SSSR count). The first kappa shape index (κ1) is 17.5. The van der Waals surface area contributed by atoms with E-state index in [1.54, 1.807) is 28.6 Å². The molecule has 138 valence electrons. The van der Waals surface area contributed by atoms with Gasteiger partial charge in [0.1, 0.15) is 0 Å². The summed E-state index contributed by atoms with van der Waals surface area (Å²) >= 11 is 1.15. The molecule has 6 nitrogen and oxygen atoms in total. The van der Waals surface area contributed by atoms with Crippen LogP contribution in [0.4, 0.5) is 11.4 Å².